The Morgan fingerprint density at radius 3 is 2.52 bits per heavy atom. The van der Waals surface area contributed by atoms with E-state index in [1.807, 2.05) is 38.1 Å². The molecule has 182 valence electrons. The lowest BCUT2D eigenvalue weighted by Crippen LogP contribution is -2.47. The van der Waals surface area contributed by atoms with E-state index in [1.54, 1.807) is 27.0 Å². The lowest BCUT2D eigenvalue weighted by Gasteiger charge is -2.27. The Morgan fingerprint density at radius 1 is 1.18 bits per heavy atom. The zero-order chi connectivity index (χ0) is 24.6. The third-order valence-electron chi connectivity index (χ3n) is 5.37. The van der Waals surface area contributed by atoms with Crippen LogP contribution < -0.4 is 5.32 Å². The van der Waals surface area contributed by atoms with E-state index in [4.69, 9.17) is 9.47 Å². The summed E-state index contributed by atoms with van der Waals surface area (Å²) in [7, 11) is 0. The summed E-state index contributed by atoms with van der Waals surface area (Å²) in [5, 5.41) is 12.9. The maximum atomic E-state index is 13.2. The molecule has 0 saturated carbocycles. The highest BCUT2D eigenvalue weighted by Gasteiger charge is 2.31. The van der Waals surface area contributed by atoms with Gasteiger partial charge < -0.3 is 24.9 Å². The summed E-state index contributed by atoms with van der Waals surface area (Å²) < 4.78 is 11.0. The van der Waals surface area contributed by atoms with Crippen LogP contribution in [0.15, 0.2) is 30.5 Å². The van der Waals surface area contributed by atoms with E-state index in [0.717, 1.165) is 35.7 Å². The van der Waals surface area contributed by atoms with Crippen molar-refractivity contribution in [2.75, 3.05) is 0 Å². The van der Waals surface area contributed by atoms with Crippen LogP contribution in [0.5, 0.6) is 0 Å². The molecule has 2 rings (SSSR count). The minimum Gasteiger partial charge on any atom is -0.481 e. The van der Waals surface area contributed by atoms with Gasteiger partial charge in [-0.05, 0) is 44.7 Å². The molecule has 1 aromatic heterocycles. The molecule has 0 aliphatic heterocycles. The topological polar surface area (TPSA) is 118 Å². The van der Waals surface area contributed by atoms with Crippen molar-refractivity contribution in [3.63, 3.8) is 0 Å². The molecule has 8 heteroatoms. The molecule has 0 aliphatic rings. The average Bonchev–Trinajstić information content (AvgIpc) is 3.12. The SMILES string of the molecule is CCCC[C@H](C)[C@H](CC(=O)O)OC(=O)[C@H](Cc1c[nH]c2ccccc12)NC(=O)OC(C)(C)C. The highest BCUT2D eigenvalue weighted by atomic mass is 16.6. The van der Waals surface area contributed by atoms with Crippen molar-refractivity contribution < 1.29 is 29.0 Å². The molecule has 33 heavy (non-hydrogen) atoms. The summed E-state index contributed by atoms with van der Waals surface area (Å²) in [6, 6.07) is 6.62. The molecule has 0 unspecified atom stereocenters. The maximum absolute atomic E-state index is 13.2. The first-order valence-corrected chi connectivity index (χ1v) is 11.5. The van der Waals surface area contributed by atoms with Crippen molar-refractivity contribution in [2.24, 2.45) is 5.92 Å². The molecular formula is C25H36N2O6. The second kappa shape index (κ2) is 11.7. The Labute approximate surface area is 195 Å². The number of benzene rings is 1. The fourth-order valence-corrected chi connectivity index (χ4v) is 3.64. The molecule has 3 atom stereocenters. The predicted molar refractivity (Wildman–Crippen MR) is 126 cm³/mol. The van der Waals surface area contributed by atoms with E-state index in [2.05, 4.69) is 10.3 Å². The lowest BCUT2D eigenvalue weighted by atomic mass is 9.95. The fourth-order valence-electron chi connectivity index (χ4n) is 3.64. The van der Waals surface area contributed by atoms with Crippen molar-refractivity contribution in [1.82, 2.24) is 10.3 Å². The highest BCUT2D eigenvalue weighted by Crippen LogP contribution is 2.22. The Kier molecular flexibility index (Phi) is 9.32. The van der Waals surface area contributed by atoms with Gasteiger partial charge in [-0.15, -0.1) is 0 Å². The molecule has 0 radical (unpaired) electrons. The number of fused-ring (bicyclic) bond motifs is 1. The fraction of sp³-hybridized carbons (Fsp3) is 0.560. The van der Waals surface area contributed by atoms with Crippen LogP contribution in [0.4, 0.5) is 4.79 Å². The minimum absolute atomic E-state index is 0.125. The van der Waals surface area contributed by atoms with Gasteiger partial charge in [0.15, 0.2) is 0 Å². The van der Waals surface area contributed by atoms with Crippen LogP contribution in [0.3, 0.4) is 0 Å². The first-order valence-electron chi connectivity index (χ1n) is 11.5. The molecule has 1 aromatic carbocycles. The molecule has 0 spiro atoms. The number of aliphatic carboxylic acids is 1. The number of hydrogen-bond donors (Lipinski definition) is 3. The number of para-hydroxylation sites is 1. The number of unbranched alkanes of at least 4 members (excludes halogenated alkanes) is 1. The number of carbonyl (C=O) groups is 3. The van der Waals surface area contributed by atoms with Gasteiger partial charge in [0.2, 0.25) is 0 Å². The number of alkyl carbamates (subject to hydrolysis) is 1. The summed E-state index contributed by atoms with van der Waals surface area (Å²) in [6.45, 7) is 9.13. The first kappa shape index (κ1) is 26.2. The largest absolute Gasteiger partial charge is 0.481 e. The minimum atomic E-state index is -1.04. The van der Waals surface area contributed by atoms with Crippen LogP contribution in [0.25, 0.3) is 10.9 Å². The number of aromatic amines is 1. The molecule has 1 heterocycles. The molecule has 0 fully saturated rings. The second-order valence-electron chi connectivity index (χ2n) is 9.46. The van der Waals surface area contributed by atoms with Gasteiger partial charge in [0.25, 0.3) is 0 Å². The third kappa shape index (κ3) is 8.44. The monoisotopic (exact) mass is 460 g/mol. The molecule has 0 aliphatic carbocycles. The Balaban J connectivity index is 2.24. The number of ether oxygens (including phenoxy) is 2. The van der Waals surface area contributed by atoms with Gasteiger partial charge in [-0.2, -0.15) is 0 Å². The van der Waals surface area contributed by atoms with Gasteiger partial charge in [0, 0.05) is 23.5 Å². The zero-order valence-electron chi connectivity index (χ0n) is 20.1. The maximum Gasteiger partial charge on any atom is 0.408 e. The number of hydrogen-bond acceptors (Lipinski definition) is 5. The number of esters is 1. The standard InChI is InChI=1S/C25H36N2O6/c1-6-7-10-16(2)21(14-22(28)29)32-23(30)20(27-24(31)33-25(3,4)5)13-17-15-26-19-12-9-8-11-18(17)19/h8-9,11-12,15-16,20-21,26H,6-7,10,13-14H2,1-5H3,(H,27,31)(H,28,29)/t16-,20-,21-/m0/s1. The summed E-state index contributed by atoms with van der Waals surface area (Å²) in [5.41, 5.74) is 1.01. The number of amides is 1. The van der Waals surface area contributed by atoms with Crippen LogP contribution in [-0.2, 0) is 25.5 Å². The van der Waals surface area contributed by atoms with Crippen molar-refractivity contribution in [1.29, 1.82) is 0 Å². The van der Waals surface area contributed by atoms with Gasteiger partial charge >= 0.3 is 18.0 Å². The van der Waals surface area contributed by atoms with Crippen LogP contribution in [0, 0.1) is 5.92 Å². The molecule has 0 saturated heterocycles. The van der Waals surface area contributed by atoms with Gasteiger partial charge in [0.1, 0.15) is 17.7 Å². The highest BCUT2D eigenvalue weighted by molar-refractivity contribution is 5.86. The quantitative estimate of drug-likeness (QED) is 0.414. The number of H-pyrrole nitrogens is 1. The lowest BCUT2D eigenvalue weighted by molar-refractivity contribution is -0.158. The van der Waals surface area contributed by atoms with Crippen molar-refractivity contribution in [3.8, 4) is 0 Å². The number of rotatable bonds is 11. The molecule has 3 N–H and O–H groups in total. The van der Waals surface area contributed by atoms with E-state index >= 15 is 0 Å². The van der Waals surface area contributed by atoms with E-state index in [9.17, 15) is 19.5 Å². The van der Waals surface area contributed by atoms with Crippen molar-refractivity contribution in [2.45, 2.75) is 84.5 Å². The summed E-state index contributed by atoms with van der Waals surface area (Å²) in [4.78, 5) is 40.2. The average molecular weight is 461 g/mol. The van der Waals surface area contributed by atoms with E-state index < -0.39 is 35.8 Å². The van der Waals surface area contributed by atoms with Gasteiger partial charge in [-0.3, -0.25) is 4.79 Å². The number of carboxylic acids is 1. The van der Waals surface area contributed by atoms with Gasteiger partial charge in [0.05, 0.1) is 6.42 Å². The molecule has 0 bridgehead atoms. The zero-order valence-corrected chi connectivity index (χ0v) is 20.1. The predicted octanol–water partition coefficient (Wildman–Crippen LogP) is 4.82. The van der Waals surface area contributed by atoms with Crippen molar-refractivity contribution >= 4 is 28.9 Å². The van der Waals surface area contributed by atoms with Crippen LogP contribution in [0.1, 0.15) is 65.9 Å². The molecule has 8 nitrogen and oxygen atoms in total. The number of carboxylic acid groups (broad SMARTS) is 1. The summed E-state index contributed by atoms with van der Waals surface area (Å²) in [6.07, 6.45) is 2.76. The normalized spacial score (nSPS) is 14.3. The Hall–Kier alpha value is -3.03. The Morgan fingerprint density at radius 2 is 1.88 bits per heavy atom. The van der Waals surface area contributed by atoms with Crippen molar-refractivity contribution in [3.05, 3.63) is 36.0 Å². The first-order chi connectivity index (χ1) is 15.5. The van der Waals surface area contributed by atoms with Crippen LogP contribution in [-0.4, -0.2) is 45.9 Å². The number of carbonyl (C=O) groups excluding carboxylic acids is 2. The van der Waals surface area contributed by atoms with E-state index in [0.29, 0.717) is 0 Å². The van der Waals surface area contributed by atoms with Crippen LogP contribution in [0.2, 0.25) is 0 Å². The Bertz CT molecular complexity index is 946. The molecule has 2 aromatic rings. The number of aromatic nitrogens is 1. The van der Waals surface area contributed by atoms with E-state index in [1.165, 1.54) is 0 Å². The summed E-state index contributed by atoms with van der Waals surface area (Å²) in [5.74, 6) is -1.84. The second-order valence-corrected chi connectivity index (χ2v) is 9.46. The van der Waals surface area contributed by atoms with Gasteiger partial charge in [-0.1, -0.05) is 44.9 Å². The number of nitrogens with one attached hydrogen (secondary N) is 2. The van der Waals surface area contributed by atoms with Gasteiger partial charge in [-0.25, -0.2) is 9.59 Å². The van der Waals surface area contributed by atoms with Crippen LogP contribution >= 0.6 is 0 Å². The molecule has 1 amide bonds. The summed E-state index contributed by atoms with van der Waals surface area (Å²) >= 11 is 0. The van der Waals surface area contributed by atoms with E-state index in [-0.39, 0.29) is 18.8 Å². The third-order valence-corrected chi connectivity index (χ3v) is 5.37. The molecular weight excluding hydrogens is 424 g/mol. The smallest absolute Gasteiger partial charge is 0.408 e.